The van der Waals surface area contributed by atoms with Crippen LogP contribution in [0.25, 0.3) is 0 Å². The average molecular weight is 335 g/mol. The third kappa shape index (κ3) is 8.11. The molecule has 134 valence electrons. The highest BCUT2D eigenvalue weighted by Gasteiger charge is 2.16. The minimum absolute atomic E-state index is 0.0476. The molecule has 0 radical (unpaired) electrons. The van der Waals surface area contributed by atoms with Crippen LogP contribution in [-0.4, -0.2) is 23.7 Å². The van der Waals surface area contributed by atoms with Crippen molar-refractivity contribution < 1.29 is 14.4 Å². The molecule has 1 aromatic rings. The Balaban J connectivity index is 2.25. The molecule has 0 aliphatic carbocycles. The third-order valence-corrected chi connectivity index (χ3v) is 3.81. The van der Waals surface area contributed by atoms with Gasteiger partial charge in [0.25, 0.3) is 5.69 Å². The standard InChI is InChI=1S/C19H29NO4/c1-5-24-19(3,4)14-6-8-16(2)9-7-15-23-18-12-10-17(11-13-18)20(21)22/h9-13H,5-8,14-15H2,1-4H3. The summed E-state index contributed by atoms with van der Waals surface area (Å²) in [6.45, 7) is 9.75. The van der Waals surface area contributed by atoms with E-state index in [0.29, 0.717) is 12.4 Å². The number of rotatable bonds is 11. The minimum Gasteiger partial charge on any atom is -0.493 e. The second kappa shape index (κ2) is 10.1. The highest BCUT2D eigenvalue weighted by atomic mass is 16.6. The van der Waals surface area contributed by atoms with Gasteiger partial charge in [-0.1, -0.05) is 11.6 Å². The zero-order valence-electron chi connectivity index (χ0n) is 15.2. The summed E-state index contributed by atoms with van der Waals surface area (Å²) in [5.74, 6) is 0.658. The number of benzene rings is 1. The first kappa shape index (κ1) is 20.2. The second-order valence-electron chi connectivity index (χ2n) is 6.48. The fourth-order valence-electron chi connectivity index (χ4n) is 2.50. The van der Waals surface area contributed by atoms with Crippen LogP contribution in [0.15, 0.2) is 35.9 Å². The van der Waals surface area contributed by atoms with E-state index in [1.165, 1.54) is 17.7 Å². The average Bonchev–Trinajstić information content (AvgIpc) is 2.51. The van der Waals surface area contributed by atoms with Crippen LogP contribution >= 0.6 is 0 Å². The van der Waals surface area contributed by atoms with Crippen molar-refractivity contribution in [2.24, 2.45) is 0 Å². The quantitative estimate of drug-likeness (QED) is 0.238. The largest absolute Gasteiger partial charge is 0.493 e. The molecule has 0 amide bonds. The van der Waals surface area contributed by atoms with Crippen LogP contribution in [0.2, 0.25) is 0 Å². The molecule has 1 rings (SSSR count). The summed E-state index contributed by atoms with van der Waals surface area (Å²) in [4.78, 5) is 10.2. The summed E-state index contributed by atoms with van der Waals surface area (Å²) >= 11 is 0. The zero-order valence-corrected chi connectivity index (χ0v) is 15.2. The van der Waals surface area contributed by atoms with Crippen molar-refractivity contribution >= 4 is 5.69 Å². The first-order valence-corrected chi connectivity index (χ1v) is 8.51. The number of hydrogen-bond donors (Lipinski definition) is 0. The van der Waals surface area contributed by atoms with Crippen molar-refractivity contribution in [3.05, 3.63) is 46.0 Å². The molecule has 5 nitrogen and oxygen atoms in total. The van der Waals surface area contributed by atoms with Gasteiger partial charge in [-0.25, -0.2) is 0 Å². The fourth-order valence-corrected chi connectivity index (χ4v) is 2.50. The van der Waals surface area contributed by atoms with Gasteiger partial charge in [-0.05, 0) is 65.5 Å². The van der Waals surface area contributed by atoms with Crippen molar-refractivity contribution in [2.75, 3.05) is 13.2 Å². The van der Waals surface area contributed by atoms with Gasteiger partial charge in [0, 0.05) is 18.7 Å². The molecular formula is C19H29NO4. The van der Waals surface area contributed by atoms with Crippen LogP contribution in [0.5, 0.6) is 5.75 Å². The lowest BCUT2D eigenvalue weighted by Gasteiger charge is -2.24. The van der Waals surface area contributed by atoms with Gasteiger partial charge in [-0.2, -0.15) is 0 Å². The van der Waals surface area contributed by atoms with E-state index in [0.717, 1.165) is 32.3 Å². The Morgan fingerprint density at radius 3 is 2.54 bits per heavy atom. The van der Waals surface area contributed by atoms with Crippen LogP contribution in [0.1, 0.15) is 53.4 Å². The summed E-state index contributed by atoms with van der Waals surface area (Å²) in [5, 5.41) is 10.6. The van der Waals surface area contributed by atoms with Gasteiger partial charge in [-0.15, -0.1) is 0 Å². The van der Waals surface area contributed by atoms with Crippen molar-refractivity contribution in [1.29, 1.82) is 0 Å². The Bertz CT molecular complexity index is 535. The predicted molar refractivity (Wildman–Crippen MR) is 96.5 cm³/mol. The molecule has 0 aliphatic rings. The number of ether oxygens (including phenoxy) is 2. The predicted octanol–water partition coefficient (Wildman–Crippen LogP) is 5.30. The molecule has 24 heavy (non-hydrogen) atoms. The molecule has 0 aliphatic heterocycles. The van der Waals surface area contributed by atoms with Crippen molar-refractivity contribution in [2.45, 2.75) is 59.0 Å². The molecule has 0 N–H and O–H groups in total. The van der Waals surface area contributed by atoms with Crippen LogP contribution < -0.4 is 4.74 Å². The molecule has 0 fully saturated rings. The van der Waals surface area contributed by atoms with Gasteiger partial charge < -0.3 is 9.47 Å². The van der Waals surface area contributed by atoms with E-state index in [-0.39, 0.29) is 11.3 Å². The Morgan fingerprint density at radius 1 is 1.29 bits per heavy atom. The van der Waals surface area contributed by atoms with Gasteiger partial charge in [0.05, 0.1) is 17.1 Å². The molecule has 0 heterocycles. The van der Waals surface area contributed by atoms with Crippen molar-refractivity contribution in [3.63, 3.8) is 0 Å². The molecule has 0 saturated heterocycles. The Morgan fingerprint density at radius 2 is 1.96 bits per heavy atom. The summed E-state index contributed by atoms with van der Waals surface area (Å²) in [7, 11) is 0. The summed E-state index contributed by atoms with van der Waals surface area (Å²) in [6.07, 6.45) is 6.24. The maximum Gasteiger partial charge on any atom is 0.269 e. The molecule has 5 heteroatoms. The smallest absolute Gasteiger partial charge is 0.269 e. The Labute approximate surface area is 144 Å². The molecule has 1 aromatic carbocycles. The van der Waals surface area contributed by atoms with Crippen LogP contribution in [-0.2, 0) is 4.74 Å². The van der Waals surface area contributed by atoms with E-state index in [9.17, 15) is 10.1 Å². The molecule has 0 saturated carbocycles. The molecule has 0 aromatic heterocycles. The van der Waals surface area contributed by atoms with Gasteiger partial charge >= 0.3 is 0 Å². The Kier molecular flexibility index (Phi) is 8.47. The lowest BCUT2D eigenvalue weighted by Crippen LogP contribution is -2.24. The second-order valence-corrected chi connectivity index (χ2v) is 6.48. The number of hydrogen-bond acceptors (Lipinski definition) is 4. The third-order valence-electron chi connectivity index (χ3n) is 3.81. The number of non-ortho nitro benzene ring substituents is 1. The first-order chi connectivity index (χ1) is 11.3. The van der Waals surface area contributed by atoms with Gasteiger partial charge in [0.15, 0.2) is 0 Å². The van der Waals surface area contributed by atoms with E-state index in [2.05, 4.69) is 26.8 Å². The number of nitro benzene ring substituents is 1. The summed E-state index contributed by atoms with van der Waals surface area (Å²) in [6, 6.07) is 6.17. The van der Waals surface area contributed by atoms with Crippen LogP contribution in [0.4, 0.5) is 5.69 Å². The maximum atomic E-state index is 10.6. The van der Waals surface area contributed by atoms with E-state index >= 15 is 0 Å². The highest BCUT2D eigenvalue weighted by Crippen LogP contribution is 2.20. The summed E-state index contributed by atoms with van der Waals surface area (Å²) < 4.78 is 11.3. The van der Waals surface area contributed by atoms with E-state index in [4.69, 9.17) is 9.47 Å². The van der Waals surface area contributed by atoms with E-state index in [1.807, 2.05) is 6.92 Å². The minimum atomic E-state index is -0.414. The van der Waals surface area contributed by atoms with Gasteiger partial charge in [0.2, 0.25) is 0 Å². The fraction of sp³-hybridized carbons (Fsp3) is 0.579. The topological polar surface area (TPSA) is 61.6 Å². The molecule has 0 unspecified atom stereocenters. The number of allylic oxidation sites excluding steroid dienone is 1. The molecule has 0 atom stereocenters. The highest BCUT2D eigenvalue weighted by molar-refractivity contribution is 5.35. The lowest BCUT2D eigenvalue weighted by molar-refractivity contribution is -0.384. The number of nitrogens with zero attached hydrogens (tertiary/aromatic N) is 1. The summed E-state index contributed by atoms with van der Waals surface area (Å²) in [5.41, 5.74) is 1.39. The SMILES string of the molecule is CCOC(C)(C)CCCC(C)=CCCOc1ccc([N+](=O)[O-])cc1. The molecule has 0 bridgehead atoms. The lowest BCUT2D eigenvalue weighted by atomic mass is 9.99. The number of nitro groups is 1. The molecular weight excluding hydrogens is 306 g/mol. The van der Waals surface area contributed by atoms with Crippen molar-refractivity contribution in [1.82, 2.24) is 0 Å². The zero-order chi connectivity index (χ0) is 18.0. The van der Waals surface area contributed by atoms with Crippen LogP contribution in [0, 0.1) is 10.1 Å². The van der Waals surface area contributed by atoms with Gasteiger partial charge in [0.1, 0.15) is 5.75 Å². The van der Waals surface area contributed by atoms with E-state index < -0.39 is 4.92 Å². The van der Waals surface area contributed by atoms with E-state index in [1.54, 1.807) is 12.1 Å². The van der Waals surface area contributed by atoms with Gasteiger partial charge in [-0.3, -0.25) is 10.1 Å². The first-order valence-electron chi connectivity index (χ1n) is 8.51. The van der Waals surface area contributed by atoms with Crippen molar-refractivity contribution in [3.8, 4) is 5.75 Å². The maximum absolute atomic E-state index is 10.6. The monoisotopic (exact) mass is 335 g/mol. The Hall–Kier alpha value is -1.88. The normalized spacial score (nSPS) is 12.2. The van der Waals surface area contributed by atoms with Crippen LogP contribution in [0.3, 0.4) is 0 Å². The molecule has 0 spiro atoms.